The third-order valence-corrected chi connectivity index (χ3v) is 9.51. The monoisotopic (exact) mass is 779 g/mol. The Morgan fingerprint density at radius 3 is 1.33 bits per heavy atom. The molecule has 0 rings (SSSR count). The van der Waals surface area contributed by atoms with Crippen molar-refractivity contribution in [2.75, 3.05) is 13.2 Å². The van der Waals surface area contributed by atoms with Crippen LogP contribution >= 0.6 is 7.82 Å². The molecule has 0 amide bonds. The molecule has 0 aromatic rings. The first kappa shape index (κ1) is 51.8. The fraction of sp³-hybridized carbons (Fsp3) is 0.733. The Labute approximate surface area is 330 Å². The summed E-state index contributed by atoms with van der Waals surface area (Å²) >= 11 is 0. The van der Waals surface area contributed by atoms with Crippen LogP contribution in [0.3, 0.4) is 0 Å². The number of carbonyl (C=O) groups is 2. The molecule has 0 fully saturated rings. The van der Waals surface area contributed by atoms with Gasteiger partial charge in [-0.3, -0.25) is 14.1 Å². The Morgan fingerprint density at radius 1 is 0.481 bits per heavy atom. The van der Waals surface area contributed by atoms with Crippen LogP contribution in [-0.4, -0.2) is 41.0 Å². The molecule has 1 atom stereocenters. The number of phosphoric acid groups is 1. The number of phosphoric ester groups is 1. The number of unbranched alkanes of at least 4 members (excludes halogenated alkanes) is 19. The van der Waals surface area contributed by atoms with Gasteiger partial charge in [0.25, 0.3) is 0 Å². The normalized spacial score (nSPS) is 13.0. The number of allylic oxidation sites excluding steroid dienone is 10. The minimum atomic E-state index is -4.78. The molecule has 0 aliphatic carbocycles. The van der Waals surface area contributed by atoms with Crippen molar-refractivity contribution < 1.29 is 37.9 Å². The van der Waals surface area contributed by atoms with E-state index >= 15 is 0 Å². The number of hydrogen-bond donors (Lipinski definition) is 2. The molecule has 0 unspecified atom stereocenters. The van der Waals surface area contributed by atoms with Crippen molar-refractivity contribution in [2.24, 2.45) is 0 Å². The van der Waals surface area contributed by atoms with Gasteiger partial charge in [0.15, 0.2) is 6.10 Å². The van der Waals surface area contributed by atoms with Gasteiger partial charge >= 0.3 is 19.8 Å². The molecule has 0 aromatic carbocycles. The summed E-state index contributed by atoms with van der Waals surface area (Å²) in [6.07, 6.45) is 51.1. The highest BCUT2D eigenvalue weighted by atomic mass is 31.2. The average Bonchev–Trinajstić information content (AvgIpc) is 3.14. The van der Waals surface area contributed by atoms with Gasteiger partial charge in [-0.1, -0.05) is 177 Å². The van der Waals surface area contributed by atoms with Gasteiger partial charge in [0.2, 0.25) is 0 Å². The first-order valence-electron chi connectivity index (χ1n) is 21.6. The van der Waals surface area contributed by atoms with Crippen molar-refractivity contribution in [3.8, 4) is 0 Å². The van der Waals surface area contributed by atoms with E-state index in [9.17, 15) is 14.2 Å². The molecule has 2 N–H and O–H groups in total. The molecule has 0 radical (unpaired) electrons. The smallest absolute Gasteiger partial charge is 0.462 e. The molecule has 0 aromatic heterocycles. The molecule has 0 saturated carbocycles. The van der Waals surface area contributed by atoms with Crippen LogP contribution in [0.4, 0.5) is 0 Å². The van der Waals surface area contributed by atoms with E-state index in [2.05, 4.69) is 67.0 Å². The van der Waals surface area contributed by atoms with Gasteiger partial charge < -0.3 is 19.3 Å². The van der Waals surface area contributed by atoms with E-state index in [4.69, 9.17) is 19.3 Å². The summed E-state index contributed by atoms with van der Waals surface area (Å²) < 4.78 is 26.3. The Bertz CT molecular complexity index is 1060. The van der Waals surface area contributed by atoms with E-state index in [1.807, 2.05) is 12.2 Å². The van der Waals surface area contributed by atoms with Crippen LogP contribution in [0.15, 0.2) is 60.8 Å². The van der Waals surface area contributed by atoms with E-state index in [1.54, 1.807) is 0 Å². The van der Waals surface area contributed by atoms with E-state index in [1.165, 1.54) is 116 Å². The van der Waals surface area contributed by atoms with Crippen LogP contribution in [0.25, 0.3) is 0 Å². The second-order valence-electron chi connectivity index (χ2n) is 14.3. The zero-order chi connectivity index (χ0) is 39.6. The summed E-state index contributed by atoms with van der Waals surface area (Å²) in [6.45, 7) is 3.61. The molecule has 0 bridgehead atoms. The van der Waals surface area contributed by atoms with E-state index in [0.29, 0.717) is 12.8 Å². The van der Waals surface area contributed by atoms with E-state index < -0.39 is 32.5 Å². The van der Waals surface area contributed by atoms with Gasteiger partial charge in [-0.2, -0.15) is 0 Å². The molecule has 54 heavy (non-hydrogen) atoms. The predicted molar refractivity (Wildman–Crippen MR) is 225 cm³/mol. The van der Waals surface area contributed by atoms with Crippen molar-refractivity contribution >= 4 is 19.8 Å². The molecule has 312 valence electrons. The largest absolute Gasteiger partial charge is 0.469 e. The van der Waals surface area contributed by atoms with Crippen LogP contribution in [-0.2, 0) is 28.2 Å². The lowest BCUT2D eigenvalue weighted by molar-refractivity contribution is -0.161. The lowest BCUT2D eigenvalue weighted by Gasteiger charge is -2.18. The average molecular weight is 779 g/mol. The van der Waals surface area contributed by atoms with Crippen LogP contribution in [0.5, 0.6) is 0 Å². The molecule has 8 nitrogen and oxygen atoms in total. The van der Waals surface area contributed by atoms with Crippen molar-refractivity contribution in [1.82, 2.24) is 0 Å². The first-order chi connectivity index (χ1) is 26.3. The number of carbonyl (C=O) groups excluding carboxylic acids is 2. The molecule has 0 aliphatic rings. The van der Waals surface area contributed by atoms with Gasteiger partial charge in [0.1, 0.15) is 6.61 Å². The second kappa shape index (κ2) is 40.4. The van der Waals surface area contributed by atoms with Crippen LogP contribution in [0, 0.1) is 0 Å². The number of ether oxygens (including phenoxy) is 2. The molecular weight excluding hydrogens is 699 g/mol. The minimum Gasteiger partial charge on any atom is -0.462 e. The highest BCUT2D eigenvalue weighted by Crippen LogP contribution is 2.36. The third-order valence-electron chi connectivity index (χ3n) is 9.02. The first-order valence-corrected chi connectivity index (χ1v) is 23.1. The van der Waals surface area contributed by atoms with Gasteiger partial charge in [0, 0.05) is 12.8 Å². The van der Waals surface area contributed by atoms with E-state index in [0.717, 1.165) is 38.5 Å². The van der Waals surface area contributed by atoms with Crippen molar-refractivity contribution in [1.29, 1.82) is 0 Å². The molecule has 0 heterocycles. The predicted octanol–water partition coefficient (Wildman–Crippen LogP) is 13.3. The number of esters is 2. The van der Waals surface area contributed by atoms with Gasteiger partial charge in [-0.25, -0.2) is 4.57 Å². The SMILES string of the molecule is CCCCCCCCC/C=C/C/C=C/C/C=C/C/C=C/CCCC(=O)OC[C@H](COP(=O)(O)O)OC(=O)CC/C=C/CCCCCCCCCCCCC. The summed E-state index contributed by atoms with van der Waals surface area (Å²) in [5.41, 5.74) is 0. The van der Waals surface area contributed by atoms with Gasteiger partial charge in [-0.15, -0.1) is 0 Å². The van der Waals surface area contributed by atoms with Gasteiger partial charge in [0.05, 0.1) is 6.61 Å². The molecule has 0 saturated heterocycles. The minimum absolute atomic E-state index is 0.115. The quantitative estimate of drug-likeness (QED) is 0.0274. The third kappa shape index (κ3) is 42.5. The maximum atomic E-state index is 12.4. The number of rotatable bonds is 39. The highest BCUT2D eigenvalue weighted by Gasteiger charge is 2.22. The molecular formula is C45H79O8P. The standard InChI is InChI=1S/C45H79O8P/c1-3-5-7-9-11-13-15-17-19-20-21-22-23-24-26-27-29-31-33-35-37-39-44(46)51-41-43(42-52-54(48,49)50)53-45(47)40-38-36-34-32-30-28-25-18-16-14-12-10-8-6-4-2/h19-20,22-23,26-27,31,33-34,36,43H,3-18,21,24-25,28-30,32,35,37-42H2,1-2H3,(H2,48,49,50)/b20-19+,23-22+,27-26+,33-31+,36-34+/t43-/m1/s1. The second-order valence-corrected chi connectivity index (χ2v) is 15.5. The summed E-state index contributed by atoms with van der Waals surface area (Å²) in [5, 5.41) is 0. The van der Waals surface area contributed by atoms with Crippen molar-refractivity contribution in [3.63, 3.8) is 0 Å². The van der Waals surface area contributed by atoms with Crippen molar-refractivity contribution in [3.05, 3.63) is 60.8 Å². The molecule has 0 aliphatic heterocycles. The Hall–Kier alpha value is -2.25. The highest BCUT2D eigenvalue weighted by molar-refractivity contribution is 7.46. The van der Waals surface area contributed by atoms with Crippen molar-refractivity contribution in [2.45, 2.75) is 200 Å². The van der Waals surface area contributed by atoms with Crippen LogP contribution in [0.2, 0.25) is 0 Å². The zero-order valence-corrected chi connectivity index (χ0v) is 35.2. The summed E-state index contributed by atoms with van der Waals surface area (Å²) in [4.78, 5) is 42.8. The maximum Gasteiger partial charge on any atom is 0.469 e. The Balaban J connectivity index is 4.04. The topological polar surface area (TPSA) is 119 Å². The lowest BCUT2D eigenvalue weighted by Crippen LogP contribution is -2.29. The Morgan fingerprint density at radius 2 is 0.870 bits per heavy atom. The Kier molecular flexibility index (Phi) is 38.7. The molecule has 9 heteroatoms. The summed E-state index contributed by atoms with van der Waals surface area (Å²) in [5.74, 6) is -1.01. The number of hydrogen-bond acceptors (Lipinski definition) is 6. The maximum absolute atomic E-state index is 12.4. The molecule has 0 spiro atoms. The fourth-order valence-corrected chi connectivity index (χ4v) is 6.16. The van der Waals surface area contributed by atoms with Gasteiger partial charge in [-0.05, 0) is 64.2 Å². The summed E-state index contributed by atoms with van der Waals surface area (Å²) in [6, 6.07) is 0. The summed E-state index contributed by atoms with van der Waals surface area (Å²) in [7, 11) is -4.78. The van der Waals surface area contributed by atoms with E-state index in [-0.39, 0.29) is 19.4 Å². The fourth-order valence-electron chi connectivity index (χ4n) is 5.79. The lowest BCUT2D eigenvalue weighted by atomic mass is 10.1. The van der Waals surface area contributed by atoms with Crippen LogP contribution in [0.1, 0.15) is 194 Å². The zero-order valence-electron chi connectivity index (χ0n) is 34.4. The van der Waals surface area contributed by atoms with Crippen LogP contribution < -0.4 is 0 Å².